The molecule has 0 saturated carbocycles. The fourth-order valence-corrected chi connectivity index (χ4v) is 2.38. The Morgan fingerprint density at radius 1 is 1.06 bits per heavy atom. The minimum absolute atomic E-state index is 0.166. The number of hydrogen-bond acceptors (Lipinski definition) is 4. The summed E-state index contributed by atoms with van der Waals surface area (Å²) in [5.74, 6) is 0.784. The molecule has 0 spiro atoms. The quantitative estimate of drug-likeness (QED) is 0.725. The van der Waals surface area contributed by atoms with Crippen molar-refractivity contribution in [1.82, 2.24) is 9.97 Å². The van der Waals surface area contributed by atoms with Gasteiger partial charge in [-0.3, -0.25) is 0 Å². The molecule has 4 nitrogen and oxygen atoms in total. The van der Waals surface area contributed by atoms with Gasteiger partial charge in [0, 0.05) is 25.5 Å². The second-order valence-corrected chi connectivity index (χ2v) is 5.53. The van der Waals surface area contributed by atoms with Gasteiger partial charge in [0.15, 0.2) is 0 Å². The molecule has 0 unspecified atom stereocenters. The summed E-state index contributed by atoms with van der Waals surface area (Å²) in [4.78, 5) is 10.8. The van der Waals surface area contributed by atoms with Crippen molar-refractivity contribution in [3.8, 4) is 0 Å². The van der Waals surface area contributed by atoms with E-state index in [-0.39, 0.29) is 11.2 Å². The summed E-state index contributed by atoms with van der Waals surface area (Å²) in [6.07, 6.45) is 3.55. The van der Waals surface area contributed by atoms with Crippen molar-refractivity contribution in [3.05, 3.63) is 18.5 Å². The highest BCUT2D eigenvalue weighted by molar-refractivity contribution is 5.31. The van der Waals surface area contributed by atoms with Crippen LogP contribution < -0.4 is 4.90 Å². The molecule has 0 N–H and O–H groups in total. The van der Waals surface area contributed by atoms with Crippen LogP contribution >= 0.6 is 0 Å². The van der Waals surface area contributed by atoms with Crippen LogP contribution in [0.3, 0.4) is 0 Å². The molecule has 0 aliphatic carbocycles. The topological polar surface area (TPSA) is 38.2 Å². The standard InChI is InChI=1S/C12H19N3O/c1-11(2)8-15(9-12(3,4)16-11)10-13-6-5-7-14-10/h5-7H,8-9H2,1-4H3. The molecule has 1 aliphatic heterocycles. The van der Waals surface area contributed by atoms with E-state index in [1.54, 1.807) is 12.4 Å². The van der Waals surface area contributed by atoms with E-state index in [0.29, 0.717) is 0 Å². The Bertz CT molecular complexity index is 346. The lowest BCUT2D eigenvalue weighted by Gasteiger charge is -2.47. The average molecular weight is 221 g/mol. The number of aromatic nitrogens is 2. The molecule has 1 aliphatic rings. The van der Waals surface area contributed by atoms with Crippen LogP contribution in [-0.4, -0.2) is 34.3 Å². The summed E-state index contributed by atoms with van der Waals surface area (Å²) < 4.78 is 6.02. The van der Waals surface area contributed by atoms with Gasteiger partial charge in [-0.25, -0.2) is 9.97 Å². The smallest absolute Gasteiger partial charge is 0.225 e. The number of anilines is 1. The molecular formula is C12H19N3O. The zero-order valence-corrected chi connectivity index (χ0v) is 10.4. The Labute approximate surface area is 96.7 Å². The largest absolute Gasteiger partial charge is 0.366 e. The highest BCUT2D eigenvalue weighted by atomic mass is 16.5. The first-order chi connectivity index (χ1) is 7.38. The van der Waals surface area contributed by atoms with E-state index in [1.807, 2.05) is 6.07 Å². The van der Waals surface area contributed by atoms with Crippen LogP contribution in [0, 0.1) is 0 Å². The summed E-state index contributed by atoms with van der Waals surface area (Å²) >= 11 is 0. The van der Waals surface area contributed by atoms with E-state index in [2.05, 4.69) is 42.6 Å². The van der Waals surface area contributed by atoms with Gasteiger partial charge in [0.2, 0.25) is 5.95 Å². The highest BCUT2D eigenvalue weighted by Crippen LogP contribution is 2.29. The maximum Gasteiger partial charge on any atom is 0.225 e. The molecule has 0 amide bonds. The lowest BCUT2D eigenvalue weighted by atomic mass is 9.99. The van der Waals surface area contributed by atoms with Gasteiger partial charge in [-0.2, -0.15) is 0 Å². The second kappa shape index (κ2) is 3.70. The van der Waals surface area contributed by atoms with Gasteiger partial charge in [-0.05, 0) is 33.8 Å². The zero-order chi connectivity index (χ0) is 11.8. The predicted molar refractivity (Wildman–Crippen MR) is 63.5 cm³/mol. The number of morpholine rings is 1. The van der Waals surface area contributed by atoms with Crippen molar-refractivity contribution in [2.24, 2.45) is 0 Å². The van der Waals surface area contributed by atoms with Crippen LogP contribution in [0.5, 0.6) is 0 Å². The summed E-state index contributed by atoms with van der Waals surface area (Å²) in [5, 5.41) is 0. The van der Waals surface area contributed by atoms with Crippen molar-refractivity contribution >= 4 is 5.95 Å². The van der Waals surface area contributed by atoms with Crippen molar-refractivity contribution in [2.75, 3.05) is 18.0 Å². The molecule has 4 heteroatoms. The van der Waals surface area contributed by atoms with Crippen LogP contribution in [0.2, 0.25) is 0 Å². The van der Waals surface area contributed by atoms with E-state index < -0.39 is 0 Å². The molecule has 0 aromatic carbocycles. The molecule has 1 saturated heterocycles. The van der Waals surface area contributed by atoms with E-state index >= 15 is 0 Å². The van der Waals surface area contributed by atoms with Crippen molar-refractivity contribution in [2.45, 2.75) is 38.9 Å². The van der Waals surface area contributed by atoms with Gasteiger partial charge < -0.3 is 9.64 Å². The van der Waals surface area contributed by atoms with Gasteiger partial charge in [0.1, 0.15) is 0 Å². The van der Waals surface area contributed by atoms with Crippen molar-refractivity contribution in [3.63, 3.8) is 0 Å². The first-order valence-corrected chi connectivity index (χ1v) is 5.60. The molecule has 0 atom stereocenters. The lowest BCUT2D eigenvalue weighted by Crippen LogP contribution is -2.57. The monoisotopic (exact) mass is 221 g/mol. The van der Waals surface area contributed by atoms with E-state index in [4.69, 9.17) is 4.74 Å². The third kappa shape index (κ3) is 2.50. The molecule has 2 rings (SSSR count). The Morgan fingerprint density at radius 3 is 2.06 bits per heavy atom. The molecule has 1 aromatic heterocycles. The first kappa shape index (κ1) is 11.3. The average Bonchev–Trinajstić information content (AvgIpc) is 2.14. The van der Waals surface area contributed by atoms with Crippen molar-refractivity contribution in [1.29, 1.82) is 0 Å². The molecule has 88 valence electrons. The highest BCUT2D eigenvalue weighted by Gasteiger charge is 2.38. The summed E-state index contributed by atoms with van der Waals surface area (Å²) in [5.41, 5.74) is -0.331. The number of rotatable bonds is 1. The summed E-state index contributed by atoms with van der Waals surface area (Å²) in [6, 6.07) is 1.83. The van der Waals surface area contributed by atoms with E-state index in [9.17, 15) is 0 Å². The Hall–Kier alpha value is -1.16. The van der Waals surface area contributed by atoms with Crippen LogP contribution in [0.1, 0.15) is 27.7 Å². The van der Waals surface area contributed by atoms with Crippen LogP contribution in [-0.2, 0) is 4.74 Å². The lowest BCUT2D eigenvalue weighted by molar-refractivity contribution is -0.133. The Morgan fingerprint density at radius 2 is 1.56 bits per heavy atom. The van der Waals surface area contributed by atoms with Gasteiger partial charge in [-0.15, -0.1) is 0 Å². The van der Waals surface area contributed by atoms with Crippen molar-refractivity contribution < 1.29 is 4.74 Å². The molecule has 1 fully saturated rings. The van der Waals surface area contributed by atoms with Gasteiger partial charge in [-0.1, -0.05) is 0 Å². The third-order valence-electron chi connectivity index (χ3n) is 2.53. The second-order valence-electron chi connectivity index (χ2n) is 5.53. The fourth-order valence-electron chi connectivity index (χ4n) is 2.38. The maximum atomic E-state index is 6.02. The van der Waals surface area contributed by atoms with Crippen LogP contribution in [0.4, 0.5) is 5.95 Å². The zero-order valence-electron chi connectivity index (χ0n) is 10.4. The fraction of sp³-hybridized carbons (Fsp3) is 0.667. The maximum absolute atomic E-state index is 6.02. The van der Waals surface area contributed by atoms with Gasteiger partial charge in [0.25, 0.3) is 0 Å². The molecule has 0 bridgehead atoms. The first-order valence-electron chi connectivity index (χ1n) is 5.60. The third-order valence-corrected chi connectivity index (χ3v) is 2.53. The van der Waals surface area contributed by atoms with Gasteiger partial charge >= 0.3 is 0 Å². The number of nitrogens with zero attached hydrogens (tertiary/aromatic N) is 3. The summed E-state index contributed by atoms with van der Waals surface area (Å²) in [7, 11) is 0. The normalized spacial score (nSPS) is 23.1. The predicted octanol–water partition coefficient (Wildman–Crippen LogP) is 1.87. The van der Waals surface area contributed by atoms with E-state index in [1.165, 1.54) is 0 Å². The molecule has 16 heavy (non-hydrogen) atoms. The van der Waals surface area contributed by atoms with E-state index in [0.717, 1.165) is 19.0 Å². The number of ether oxygens (including phenoxy) is 1. The summed E-state index contributed by atoms with van der Waals surface area (Å²) in [6.45, 7) is 10.0. The van der Waals surface area contributed by atoms with Crippen LogP contribution in [0.15, 0.2) is 18.5 Å². The SMILES string of the molecule is CC1(C)CN(c2ncccn2)CC(C)(C)O1. The molecule has 0 radical (unpaired) electrons. The minimum Gasteiger partial charge on any atom is -0.366 e. The minimum atomic E-state index is -0.166. The molecular weight excluding hydrogens is 202 g/mol. The number of hydrogen-bond donors (Lipinski definition) is 0. The molecule has 2 heterocycles. The van der Waals surface area contributed by atoms with Gasteiger partial charge in [0.05, 0.1) is 11.2 Å². The van der Waals surface area contributed by atoms with Crippen LogP contribution in [0.25, 0.3) is 0 Å². The Balaban J connectivity index is 2.23. The molecule has 1 aromatic rings. The Kier molecular flexibility index (Phi) is 2.62.